The number of benzene rings is 2. The van der Waals surface area contributed by atoms with E-state index in [0.717, 1.165) is 15.3 Å². The fraction of sp³-hybridized carbons (Fsp3) is 0.270. The summed E-state index contributed by atoms with van der Waals surface area (Å²) in [6.45, 7) is 8.06. The highest BCUT2D eigenvalue weighted by molar-refractivity contribution is 8.00. The van der Waals surface area contributed by atoms with Crippen LogP contribution in [0.5, 0.6) is 0 Å². The standard InChI is InChI=1S/C37H37N5O6S2/c1-5-30(34(45)41-35-28(21-38)27-16-17-42(22-31(27)50-35)36(46)48-37(2,3)4)49-26-15-9-13-24(19-26)39-33(44)29(20-25-14-10-18-47-25)40-32(43)23-11-7-6-8-12-23/h6-15,18-20,30H,5,16-17,22H2,1-4H3,(H,39,44)(H,40,43)(H,41,45)/b29-20-. The molecule has 5 rings (SSSR count). The van der Waals surface area contributed by atoms with Gasteiger partial charge in [0.25, 0.3) is 11.8 Å². The summed E-state index contributed by atoms with van der Waals surface area (Å²) in [5.74, 6) is -0.894. The van der Waals surface area contributed by atoms with Gasteiger partial charge < -0.3 is 30.0 Å². The zero-order chi connectivity index (χ0) is 35.8. The number of hydrogen-bond acceptors (Lipinski definition) is 9. The number of ether oxygens (including phenoxy) is 1. The number of fused-ring (bicyclic) bond motifs is 1. The molecule has 0 fully saturated rings. The van der Waals surface area contributed by atoms with Crippen LogP contribution in [0, 0.1) is 11.3 Å². The van der Waals surface area contributed by atoms with Gasteiger partial charge in [-0.2, -0.15) is 5.26 Å². The van der Waals surface area contributed by atoms with Crippen molar-refractivity contribution in [2.45, 2.75) is 62.8 Å². The number of nitriles is 1. The molecular formula is C37H37N5O6S2. The van der Waals surface area contributed by atoms with E-state index < -0.39 is 28.8 Å². The second kappa shape index (κ2) is 15.9. The summed E-state index contributed by atoms with van der Waals surface area (Å²) in [6, 6.07) is 21.2. The summed E-state index contributed by atoms with van der Waals surface area (Å²) in [5.41, 5.74) is 1.48. The molecule has 0 aliphatic carbocycles. The van der Waals surface area contributed by atoms with Crippen LogP contribution in [-0.4, -0.2) is 46.1 Å². The first-order chi connectivity index (χ1) is 23.9. The summed E-state index contributed by atoms with van der Waals surface area (Å²) < 4.78 is 10.9. The van der Waals surface area contributed by atoms with E-state index in [9.17, 15) is 24.4 Å². The molecule has 1 aliphatic heterocycles. The van der Waals surface area contributed by atoms with Gasteiger partial charge in [-0.25, -0.2) is 4.79 Å². The first kappa shape index (κ1) is 36.0. The number of hydrogen-bond donors (Lipinski definition) is 3. The molecule has 1 unspecified atom stereocenters. The zero-order valence-electron chi connectivity index (χ0n) is 28.1. The lowest BCUT2D eigenvalue weighted by atomic mass is 10.0. The maximum absolute atomic E-state index is 13.5. The predicted octanol–water partition coefficient (Wildman–Crippen LogP) is 7.42. The number of nitrogens with one attached hydrogen (secondary N) is 3. The van der Waals surface area contributed by atoms with Crippen molar-refractivity contribution < 1.29 is 28.3 Å². The molecule has 4 amide bonds. The fourth-order valence-electron chi connectivity index (χ4n) is 5.07. The largest absolute Gasteiger partial charge is 0.465 e. The van der Waals surface area contributed by atoms with E-state index >= 15 is 0 Å². The van der Waals surface area contributed by atoms with Crippen molar-refractivity contribution in [1.82, 2.24) is 10.2 Å². The number of thioether (sulfide) groups is 1. The highest BCUT2D eigenvalue weighted by Crippen LogP contribution is 2.38. The third kappa shape index (κ3) is 9.22. The Morgan fingerprint density at radius 1 is 1.08 bits per heavy atom. The van der Waals surface area contributed by atoms with Crippen LogP contribution in [0.4, 0.5) is 15.5 Å². The number of furan rings is 1. The fourth-order valence-corrected chi connectivity index (χ4v) is 7.30. The number of anilines is 2. The number of nitrogens with zero attached hydrogens (tertiary/aromatic N) is 2. The highest BCUT2D eigenvalue weighted by atomic mass is 32.2. The molecular weight excluding hydrogens is 675 g/mol. The zero-order valence-corrected chi connectivity index (χ0v) is 29.7. The van der Waals surface area contributed by atoms with E-state index in [0.29, 0.717) is 53.5 Å². The molecule has 3 heterocycles. The van der Waals surface area contributed by atoms with Crippen molar-refractivity contribution in [3.05, 3.63) is 106 Å². The van der Waals surface area contributed by atoms with Crippen LogP contribution in [-0.2, 0) is 27.3 Å². The van der Waals surface area contributed by atoms with Crippen molar-refractivity contribution in [1.29, 1.82) is 5.26 Å². The molecule has 1 aliphatic rings. The molecule has 0 saturated heterocycles. The maximum atomic E-state index is 13.5. The van der Waals surface area contributed by atoms with Crippen LogP contribution >= 0.6 is 23.1 Å². The number of amides is 4. The third-order valence-corrected chi connectivity index (χ3v) is 9.94. The summed E-state index contributed by atoms with van der Waals surface area (Å²) in [4.78, 5) is 55.7. The quantitative estimate of drug-likeness (QED) is 0.113. The van der Waals surface area contributed by atoms with Crippen LogP contribution in [0.15, 0.2) is 88.0 Å². The van der Waals surface area contributed by atoms with E-state index in [2.05, 4.69) is 22.0 Å². The van der Waals surface area contributed by atoms with Gasteiger partial charge >= 0.3 is 6.09 Å². The number of thiophene rings is 1. The molecule has 4 aromatic rings. The Morgan fingerprint density at radius 2 is 1.86 bits per heavy atom. The van der Waals surface area contributed by atoms with E-state index in [1.165, 1.54) is 35.4 Å². The van der Waals surface area contributed by atoms with Gasteiger partial charge in [0.15, 0.2) is 0 Å². The Morgan fingerprint density at radius 3 is 2.54 bits per heavy atom. The molecule has 3 N–H and O–H groups in total. The lowest BCUT2D eigenvalue weighted by Gasteiger charge is -2.29. The van der Waals surface area contributed by atoms with Crippen LogP contribution in [0.1, 0.15) is 66.2 Å². The molecule has 11 nitrogen and oxygen atoms in total. The summed E-state index contributed by atoms with van der Waals surface area (Å²) in [7, 11) is 0. The summed E-state index contributed by atoms with van der Waals surface area (Å²) in [5, 5.41) is 18.4. The van der Waals surface area contributed by atoms with Crippen molar-refractivity contribution in [3.63, 3.8) is 0 Å². The van der Waals surface area contributed by atoms with Crippen molar-refractivity contribution >= 4 is 63.7 Å². The van der Waals surface area contributed by atoms with E-state index in [1.54, 1.807) is 65.6 Å². The average molecular weight is 712 g/mol. The third-order valence-electron chi connectivity index (χ3n) is 7.45. The number of rotatable bonds is 10. The first-order valence-corrected chi connectivity index (χ1v) is 17.7. The molecule has 0 spiro atoms. The van der Waals surface area contributed by atoms with E-state index in [4.69, 9.17) is 9.15 Å². The Labute approximate surface area is 298 Å². The maximum Gasteiger partial charge on any atom is 0.410 e. The molecule has 13 heteroatoms. The monoisotopic (exact) mass is 711 g/mol. The minimum atomic E-state index is -0.623. The van der Waals surface area contributed by atoms with Gasteiger partial charge in [0, 0.05) is 33.6 Å². The molecule has 1 atom stereocenters. The van der Waals surface area contributed by atoms with Gasteiger partial charge in [-0.05, 0) is 81.6 Å². The van der Waals surface area contributed by atoms with Gasteiger partial charge in [-0.1, -0.05) is 31.2 Å². The van der Waals surface area contributed by atoms with Crippen LogP contribution in [0.2, 0.25) is 0 Å². The lowest BCUT2D eigenvalue weighted by Crippen LogP contribution is -2.39. The minimum absolute atomic E-state index is 0.0150. The predicted molar refractivity (Wildman–Crippen MR) is 194 cm³/mol. The summed E-state index contributed by atoms with van der Waals surface area (Å²) in [6.07, 6.45) is 3.48. The SMILES string of the molecule is CCC(Sc1cccc(NC(=O)/C(=C/c2ccco2)NC(=O)c2ccccc2)c1)C(=O)Nc1sc2c(c1C#N)CCN(C(=O)OC(C)(C)C)C2. The first-order valence-electron chi connectivity index (χ1n) is 16.0. The molecule has 258 valence electrons. The smallest absolute Gasteiger partial charge is 0.410 e. The van der Waals surface area contributed by atoms with Crippen LogP contribution < -0.4 is 16.0 Å². The van der Waals surface area contributed by atoms with Gasteiger partial charge in [-0.15, -0.1) is 23.1 Å². The van der Waals surface area contributed by atoms with Crippen molar-refractivity contribution in [3.8, 4) is 6.07 Å². The topological polar surface area (TPSA) is 154 Å². The van der Waals surface area contributed by atoms with Gasteiger partial charge in [0.1, 0.15) is 28.1 Å². The molecule has 0 saturated carbocycles. The molecule has 2 aromatic carbocycles. The Hall–Kier alpha value is -5.32. The second-order valence-electron chi connectivity index (χ2n) is 12.4. The molecule has 0 radical (unpaired) electrons. The summed E-state index contributed by atoms with van der Waals surface area (Å²) >= 11 is 2.63. The second-order valence-corrected chi connectivity index (χ2v) is 14.7. The van der Waals surface area contributed by atoms with E-state index in [1.807, 2.05) is 33.8 Å². The highest BCUT2D eigenvalue weighted by Gasteiger charge is 2.31. The van der Waals surface area contributed by atoms with Crippen LogP contribution in [0.3, 0.4) is 0 Å². The number of carbonyl (C=O) groups excluding carboxylic acids is 4. The Kier molecular flexibility index (Phi) is 11.5. The molecule has 0 bridgehead atoms. The Balaban J connectivity index is 1.26. The molecule has 2 aromatic heterocycles. The lowest BCUT2D eigenvalue weighted by molar-refractivity contribution is -0.116. The van der Waals surface area contributed by atoms with E-state index in [-0.39, 0.29) is 11.6 Å². The molecule has 50 heavy (non-hydrogen) atoms. The van der Waals surface area contributed by atoms with Gasteiger partial charge in [-0.3, -0.25) is 14.4 Å². The normalized spacial score (nSPS) is 13.4. The number of carbonyl (C=O) groups is 4. The average Bonchev–Trinajstić information content (AvgIpc) is 3.73. The van der Waals surface area contributed by atoms with Crippen molar-refractivity contribution in [2.75, 3.05) is 17.2 Å². The van der Waals surface area contributed by atoms with Crippen molar-refractivity contribution in [2.24, 2.45) is 0 Å². The Bertz CT molecular complexity index is 1940. The van der Waals surface area contributed by atoms with Crippen LogP contribution in [0.25, 0.3) is 6.08 Å². The minimum Gasteiger partial charge on any atom is -0.465 e. The van der Waals surface area contributed by atoms with Gasteiger partial charge in [0.2, 0.25) is 5.91 Å². The van der Waals surface area contributed by atoms with Gasteiger partial charge in [0.05, 0.1) is 23.6 Å².